The maximum absolute atomic E-state index is 11.0. The molecule has 0 radical (unpaired) electrons. The summed E-state index contributed by atoms with van der Waals surface area (Å²) in [5.74, 6) is -0.216. The average Bonchev–Trinajstić information content (AvgIpc) is 2.22. The van der Waals surface area contributed by atoms with Crippen LogP contribution in [0.15, 0.2) is 12.7 Å². The first-order valence-corrected chi connectivity index (χ1v) is 16.8. The summed E-state index contributed by atoms with van der Waals surface area (Å²) in [6.45, 7) is 19.5. The smallest absolute Gasteiger partial charge is 0.314 e. The first-order valence-electron chi connectivity index (χ1n) is 7.42. The Kier molecular flexibility index (Phi) is 8.29. The monoisotopic (exact) mass is 348 g/mol. The second-order valence-corrected chi connectivity index (χ2v) is 20.1. The molecule has 0 aliphatic rings. The summed E-state index contributed by atoms with van der Waals surface area (Å²) in [6, 6.07) is 0.929. The Hall–Kier alpha value is -0.259. The van der Waals surface area contributed by atoms with E-state index in [4.69, 9.17) is 8.23 Å². The molecule has 1 amide bonds. The van der Waals surface area contributed by atoms with Crippen LogP contribution in [-0.4, -0.2) is 37.6 Å². The minimum Gasteiger partial charge on any atom is -0.437 e. The Morgan fingerprint density at radius 3 is 1.90 bits per heavy atom. The predicted molar refractivity (Wildman–Crippen MR) is 96.2 cm³/mol. The molecule has 0 saturated heterocycles. The molecule has 0 saturated carbocycles. The summed E-state index contributed by atoms with van der Waals surface area (Å²) in [5.41, 5.74) is 5.46. The van der Waals surface area contributed by atoms with Gasteiger partial charge >= 0.3 is 8.56 Å². The van der Waals surface area contributed by atoms with Gasteiger partial charge in [-0.3, -0.25) is 10.2 Å². The quantitative estimate of drug-likeness (QED) is 0.276. The molecule has 2 N–H and O–H groups in total. The van der Waals surface area contributed by atoms with E-state index < -0.39 is 25.2 Å². The van der Waals surface area contributed by atoms with Gasteiger partial charge in [-0.25, -0.2) is 5.43 Å². The third-order valence-electron chi connectivity index (χ3n) is 2.37. The summed E-state index contributed by atoms with van der Waals surface area (Å²) in [4.78, 5) is 11.0. The standard InChI is InChI=1S/C13H32N2O3Si3/c1-9-13(16)15-14-11-10-12-21(8,17-19(2,3)4)18-20(5,6)7/h9,14H,1,10-12H2,2-8H3,(H,15,16). The summed E-state index contributed by atoms with van der Waals surface area (Å²) >= 11 is 0. The van der Waals surface area contributed by atoms with Crippen molar-refractivity contribution in [3.8, 4) is 0 Å². The number of carbonyl (C=O) groups excluding carboxylic acids is 1. The van der Waals surface area contributed by atoms with Crippen molar-refractivity contribution in [1.82, 2.24) is 10.9 Å². The average molecular weight is 349 g/mol. The molecule has 0 aromatic rings. The number of rotatable bonds is 10. The largest absolute Gasteiger partial charge is 0.437 e. The molecular weight excluding hydrogens is 316 g/mol. The molecule has 0 aliphatic carbocycles. The third-order valence-corrected chi connectivity index (χ3v) is 12.0. The van der Waals surface area contributed by atoms with E-state index in [0.717, 1.165) is 12.5 Å². The van der Waals surface area contributed by atoms with Gasteiger partial charge in [0.05, 0.1) is 0 Å². The summed E-state index contributed by atoms with van der Waals surface area (Å²) in [6.07, 6.45) is 2.16. The topological polar surface area (TPSA) is 59.6 Å². The van der Waals surface area contributed by atoms with E-state index in [1.807, 2.05) is 0 Å². The van der Waals surface area contributed by atoms with E-state index >= 15 is 0 Å². The SMILES string of the molecule is C=CC(=O)NNCCC[Si](C)(O[Si](C)(C)C)O[Si](C)(C)C. The fraction of sp³-hybridized carbons (Fsp3) is 0.769. The Balaban J connectivity index is 4.41. The van der Waals surface area contributed by atoms with Gasteiger partial charge in [-0.1, -0.05) is 6.58 Å². The highest BCUT2D eigenvalue weighted by Gasteiger charge is 2.39. The lowest BCUT2D eigenvalue weighted by atomic mass is 10.5. The van der Waals surface area contributed by atoms with Crippen molar-refractivity contribution >= 4 is 31.1 Å². The van der Waals surface area contributed by atoms with Gasteiger partial charge in [0, 0.05) is 6.54 Å². The van der Waals surface area contributed by atoms with Gasteiger partial charge in [-0.2, -0.15) is 0 Å². The molecule has 0 bridgehead atoms. The maximum atomic E-state index is 11.0. The van der Waals surface area contributed by atoms with Crippen LogP contribution in [0.1, 0.15) is 6.42 Å². The van der Waals surface area contributed by atoms with Gasteiger partial charge in [-0.05, 0) is 64.4 Å². The molecular formula is C13H32N2O3Si3. The van der Waals surface area contributed by atoms with Crippen LogP contribution in [0.3, 0.4) is 0 Å². The van der Waals surface area contributed by atoms with Crippen LogP contribution >= 0.6 is 0 Å². The fourth-order valence-corrected chi connectivity index (χ4v) is 14.7. The van der Waals surface area contributed by atoms with Crippen LogP contribution in [0.2, 0.25) is 51.9 Å². The van der Waals surface area contributed by atoms with E-state index in [1.54, 1.807) is 0 Å². The molecule has 8 heteroatoms. The van der Waals surface area contributed by atoms with Crippen molar-refractivity contribution in [3.05, 3.63) is 12.7 Å². The van der Waals surface area contributed by atoms with Gasteiger partial charge in [0.2, 0.25) is 0 Å². The molecule has 0 atom stereocenters. The number of nitrogens with one attached hydrogen (secondary N) is 2. The highest BCUT2D eigenvalue weighted by Crippen LogP contribution is 2.25. The minimum atomic E-state index is -2.16. The molecule has 0 aliphatic heterocycles. The van der Waals surface area contributed by atoms with Crippen molar-refractivity contribution in [2.75, 3.05) is 6.54 Å². The molecule has 0 fully saturated rings. The van der Waals surface area contributed by atoms with Crippen molar-refractivity contribution in [1.29, 1.82) is 0 Å². The van der Waals surface area contributed by atoms with Crippen LogP contribution < -0.4 is 10.9 Å². The zero-order valence-electron chi connectivity index (χ0n) is 14.6. The number of hydrogen-bond acceptors (Lipinski definition) is 4. The molecule has 0 aromatic heterocycles. The van der Waals surface area contributed by atoms with Gasteiger partial charge < -0.3 is 8.23 Å². The Morgan fingerprint density at radius 2 is 1.52 bits per heavy atom. The zero-order chi connectivity index (χ0) is 16.7. The predicted octanol–water partition coefficient (Wildman–Crippen LogP) is 2.96. The maximum Gasteiger partial charge on any atom is 0.314 e. The Labute approximate surface area is 133 Å². The Morgan fingerprint density at radius 1 is 1.05 bits per heavy atom. The first kappa shape index (κ1) is 20.7. The van der Waals surface area contributed by atoms with E-state index in [9.17, 15) is 4.79 Å². The number of hydrazine groups is 1. The molecule has 0 aromatic carbocycles. The van der Waals surface area contributed by atoms with Crippen molar-refractivity contribution < 1.29 is 13.0 Å². The zero-order valence-corrected chi connectivity index (χ0v) is 17.6. The lowest BCUT2D eigenvalue weighted by Gasteiger charge is -2.38. The number of hydrogen-bond donors (Lipinski definition) is 2. The van der Waals surface area contributed by atoms with Crippen molar-refractivity contribution in [2.24, 2.45) is 0 Å². The fourth-order valence-electron chi connectivity index (χ4n) is 2.12. The summed E-state index contributed by atoms with van der Waals surface area (Å²) in [5, 5.41) is 0. The highest BCUT2D eigenvalue weighted by molar-refractivity contribution is 6.87. The highest BCUT2D eigenvalue weighted by atomic mass is 28.5. The van der Waals surface area contributed by atoms with Gasteiger partial charge in [0.15, 0.2) is 16.6 Å². The van der Waals surface area contributed by atoms with Crippen LogP contribution in [0.4, 0.5) is 0 Å². The van der Waals surface area contributed by atoms with Gasteiger partial charge in [0.1, 0.15) is 0 Å². The van der Waals surface area contributed by atoms with E-state index in [0.29, 0.717) is 6.54 Å². The molecule has 0 rings (SSSR count). The molecule has 0 heterocycles. The van der Waals surface area contributed by atoms with Gasteiger partial charge in [-0.15, -0.1) is 0 Å². The van der Waals surface area contributed by atoms with E-state index in [2.05, 4.69) is 63.3 Å². The normalized spacial score (nSPS) is 13.1. The van der Waals surface area contributed by atoms with E-state index in [-0.39, 0.29) is 5.91 Å². The summed E-state index contributed by atoms with van der Waals surface area (Å²) < 4.78 is 12.8. The molecule has 124 valence electrons. The minimum absolute atomic E-state index is 0.216. The first-order chi connectivity index (χ1) is 9.37. The second-order valence-electron chi connectivity index (χ2n) is 7.29. The van der Waals surface area contributed by atoms with E-state index in [1.165, 1.54) is 6.08 Å². The van der Waals surface area contributed by atoms with Crippen LogP contribution in [-0.2, 0) is 13.0 Å². The summed E-state index contributed by atoms with van der Waals surface area (Å²) in [7, 11) is -5.41. The molecule has 0 spiro atoms. The lowest BCUT2D eigenvalue weighted by Crippen LogP contribution is -2.52. The lowest BCUT2D eigenvalue weighted by molar-refractivity contribution is -0.117. The van der Waals surface area contributed by atoms with Gasteiger partial charge in [0.25, 0.3) is 5.91 Å². The van der Waals surface area contributed by atoms with Crippen molar-refractivity contribution in [3.63, 3.8) is 0 Å². The van der Waals surface area contributed by atoms with Crippen LogP contribution in [0.5, 0.6) is 0 Å². The number of carbonyl (C=O) groups is 1. The third kappa shape index (κ3) is 12.0. The second kappa shape index (κ2) is 8.39. The van der Waals surface area contributed by atoms with Crippen LogP contribution in [0, 0.1) is 0 Å². The molecule has 0 unspecified atom stereocenters. The molecule has 21 heavy (non-hydrogen) atoms. The van der Waals surface area contributed by atoms with Crippen LogP contribution in [0.25, 0.3) is 0 Å². The van der Waals surface area contributed by atoms with Crippen molar-refractivity contribution in [2.45, 2.75) is 58.3 Å². The molecule has 5 nitrogen and oxygen atoms in total. The number of amides is 1. The Bertz CT molecular complexity index is 336.